The Balaban J connectivity index is 2.29. The molecule has 0 saturated carbocycles. The number of anilines is 1. The molecule has 0 saturated heterocycles. The van der Waals surface area contributed by atoms with Crippen molar-refractivity contribution in [3.63, 3.8) is 0 Å². The van der Waals surface area contributed by atoms with Gasteiger partial charge in [-0.3, -0.25) is 9.59 Å². The number of carbonyl (C=O) groups is 3. The van der Waals surface area contributed by atoms with Gasteiger partial charge in [0.05, 0.1) is 17.9 Å². The fourth-order valence-electron chi connectivity index (χ4n) is 2.03. The first-order valence-corrected chi connectivity index (χ1v) is 7.37. The molecule has 0 radical (unpaired) electrons. The molecule has 0 spiro atoms. The Hall–Kier alpha value is -2.13. The summed E-state index contributed by atoms with van der Waals surface area (Å²) in [6.45, 7) is 1.01. The summed E-state index contributed by atoms with van der Waals surface area (Å²) < 4.78 is 10.5. The summed E-state index contributed by atoms with van der Waals surface area (Å²) >= 11 is 3.23. The summed E-state index contributed by atoms with van der Waals surface area (Å²) in [4.78, 5) is 35.0. The second-order valence-corrected chi connectivity index (χ2v) is 6.04. The van der Waals surface area contributed by atoms with Crippen LogP contribution in [-0.2, 0) is 14.3 Å². The number of carbonyl (C=O) groups excluding carboxylic acids is 2. The molecule has 0 fully saturated rings. The maximum Gasteiger partial charge on any atom is 0.331 e. The van der Waals surface area contributed by atoms with Gasteiger partial charge in [0, 0.05) is 11.6 Å². The molecule has 1 atom stereocenters. The van der Waals surface area contributed by atoms with E-state index in [1.807, 2.05) is 0 Å². The van der Waals surface area contributed by atoms with Gasteiger partial charge in [-0.1, -0.05) is 0 Å². The number of carboxylic acids is 1. The number of halogens is 1. The molecule has 1 aliphatic heterocycles. The van der Waals surface area contributed by atoms with E-state index in [1.165, 1.54) is 26.2 Å². The van der Waals surface area contributed by atoms with Crippen molar-refractivity contribution in [2.24, 2.45) is 0 Å². The van der Waals surface area contributed by atoms with E-state index in [0.29, 0.717) is 15.9 Å². The highest BCUT2D eigenvalue weighted by molar-refractivity contribution is 9.10. The molecular formula is C14H15BrN2O6. The first kappa shape index (κ1) is 17.2. The van der Waals surface area contributed by atoms with E-state index >= 15 is 0 Å². The number of amides is 2. The standard InChI is InChI=1S/C14H15BrN2O6/c1-14(6-22-2,13(20)21)17-12(19)7-3-10-9(4-8(7)15)16-11(18)5-23-10/h3-4H,5-6H2,1-2H3,(H,16,18)(H,17,19)(H,20,21). The molecular weight excluding hydrogens is 372 g/mol. The number of nitrogens with one attached hydrogen (secondary N) is 2. The number of rotatable bonds is 5. The van der Waals surface area contributed by atoms with Crippen LogP contribution in [0.1, 0.15) is 17.3 Å². The van der Waals surface area contributed by atoms with E-state index in [-0.39, 0.29) is 24.7 Å². The van der Waals surface area contributed by atoms with Crippen LogP contribution < -0.4 is 15.4 Å². The highest BCUT2D eigenvalue weighted by Crippen LogP contribution is 2.33. The van der Waals surface area contributed by atoms with Gasteiger partial charge in [-0.2, -0.15) is 0 Å². The Labute approximate surface area is 140 Å². The summed E-state index contributed by atoms with van der Waals surface area (Å²) in [5, 5.41) is 14.3. The first-order valence-electron chi connectivity index (χ1n) is 6.58. The third-order valence-electron chi connectivity index (χ3n) is 3.24. The second kappa shape index (κ2) is 6.55. The predicted octanol–water partition coefficient (Wildman–Crippen LogP) is 0.999. The third-order valence-corrected chi connectivity index (χ3v) is 3.90. The molecule has 1 aromatic rings. The molecule has 3 N–H and O–H groups in total. The number of benzene rings is 1. The smallest absolute Gasteiger partial charge is 0.331 e. The van der Waals surface area contributed by atoms with Crippen LogP contribution >= 0.6 is 15.9 Å². The number of carboxylic acid groups (broad SMARTS) is 1. The zero-order valence-corrected chi connectivity index (χ0v) is 14.0. The quantitative estimate of drug-likeness (QED) is 0.695. The van der Waals surface area contributed by atoms with Gasteiger partial charge < -0.3 is 25.2 Å². The topological polar surface area (TPSA) is 114 Å². The van der Waals surface area contributed by atoms with E-state index in [2.05, 4.69) is 26.6 Å². The number of aliphatic carboxylic acids is 1. The predicted molar refractivity (Wildman–Crippen MR) is 83.6 cm³/mol. The minimum absolute atomic E-state index is 0.147. The lowest BCUT2D eigenvalue weighted by Crippen LogP contribution is -2.55. The SMILES string of the molecule is COCC(C)(NC(=O)c1cc2c(cc1Br)NC(=O)CO2)C(=O)O. The Morgan fingerprint density at radius 2 is 2.22 bits per heavy atom. The molecule has 0 bridgehead atoms. The van der Waals surface area contributed by atoms with Gasteiger partial charge in [0.25, 0.3) is 11.8 Å². The Morgan fingerprint density at radius 3 is 2.83 bits per heavy atom. The fourth-order valence-corrected chi connectivity index (χ4v) is 2.56. The van der Waals surface area contributed by atoms with Gasteiger partial charge in [-0.25, -0.2) is 4.79 Å². The Kier molecular flexibility index (Phi) is 4.90. The minimum atomic E-state index is -1.57. The maximum absolute atomic E-state index is 12.4. The lowest BCUT2D eigenvalue weighted by Gasteiger charge is -2.26. The monoisotopic (exact) mass is 386 g/mol. The van der Waals surface area contributed by atoms with Crippen molar-refractivity contribution in [2.45, 2.75) is 12.5 Å². The summed E-state index contributed by atoms with van der Waals surface area (Å²) in [5.41, 5.74) is -0.956. The van der Waals surface area contributed by atoms with Gasteiger partial charge in [-0.05, 0) is 35.0 Å². The van der Waals surface area contributed by atoms with Crippen molar-refractivity contribution in [1.29, 1.82) is 0 Å². The van der Waals surface area contributed by atoms with Gasteiger partial charge in [0.1, 0.15) is 5.75 Å². The van der Waals surface area contributed by atoms with Crippen molar-refractivity contribution in [3.05, 3.63) is 22.2 Å². The van der Waals surface area contributed by atoms with Crippen molar-refractivity contribution < 1.29 is 29.0 Å². The maximum atomic E-state index is 12.4. The van der Waals surface area contributed by atoms with E-state index in [1.54, 1.807) is 0 Å². The summed E-state index contributed by atoms with van der Waals surface area (Å²) in [5.74, 6) is -1.78. The summed E-state index contributed by atoms with van der Waals surface area (Å²) in [6, 6.07) is 2.96. The third kappa shape index (κ3) is 3.62. The minimum Gasteiger partial charge on any atom is -0.482 e. The first-order chi connectivity index (χ1) is 10.8. The largest absolute Gasteiger partial charge is 0.482 e. The highest BCUT2D eigenvalue weighted by Gasteiger charge is 2.36. The molecule has 1 heterocycles. The molecule has 1 unspecified atom stereocenters. The van der Waals surface area contributed by atoms with Crippen molar-refractivity contribution in [2.75, 3.05) is 25.6 Å². The Bertz CT molecular complexity index is 677. The molecule has 0 aliphatic carbocycles. The fraction of sp³-hybridized carbons (Fsp3) is 0.357. The van der Waals surface area contributed by atoms with Gasteiger partial charge in [0.2, 0.25) is 0 Å². The van der Waals surface area contributed by atoms with Crippen LogP contribution in [0, 0.1) is 0 Å². The molecule has 8 nitrogen and oxygen atoms in total. The molecule has 0 aromatic heterocycles. The second-order valence-electron chi connectivity index (χ2n) is 5.19. The van der Waals surface area contributed by atoms with E-state index in [9.17, 15) is 19.5 Å². The number of hydrogen-bond acceptors (Lipinski definition) is 5. The normalized spacial score (nSPS) is 15.7. The average molecular weight is 387 g/mol. The van der Waals surface area contributed by atoms with Crippen molar-refractivity contribution >= 4 is 39.4 Å². The van der Waals surface area contributed by atoms with Crippen LogP contribution in [0.25, 0.3) is 0 Å². The molecule has 23 heavy (non-hydrogen) atoms. The average Bonchev–Trinajstić information content (AvgIpc) is 2.46. The van der Waals surface area contributed by atoms with Crippen LogP contribution in [0.15, 0.2) is 16.6 Å². The van der Waals surface area contributed by atoms with Crippen LogP contribution in [0.3, 0.4) is 0 Å². The zero-order chi connectivity index (χ0) is 17.2. The van der Waals surface area contributed by atoms with Crippen LogP contribution in [0.4, 0.5) is 5.69 Å². The van der Waals surface area contributed by atoms with E-state index in [0.717, 1.165) is 0 Å². The lowest BCUT2D eigenvalue weighted by molar-refractivity contribution is -0.145. The number of fused-ring (bicyclic) bond motifs is 1. The molecule has 2 rings (SSSR count). The molecule has 1 aromatic carbocycles. The Morgan fingerprint density at radius 1 is 1.52 bits per heavy atom. The summed E-state index contributed by atoms with van der Waals surface area (Å²) in [7, 11) is 1.35. The molecule has 124 valence electrons. The van der Waals surface area contributed by atoms with Crippen LogP contribution in [-0.4, -0.2) is 48.8 Å². The van der Waals surface area contributed by atoms with E-state index < -0.39 is 17.4 Å². The number of ether oxygens (including phenoxy) is 2. The number of hydrogen-bond donors (Lipinski definition) is 3. The summed E-state index contributed by atoms with van der Waals surface area (Å²) in [6.07, 6.45) is 0. The molecule has 1 aliphatic rings. The van der Waals surface area contributed by atoms with Gasteiger partial charge >= 0.3 is 5.97 Å². The van der Waals surface area contributed by atoms with Crippen molar-refractivity contribution in [1.82, 2.24) is 5.32 Å². The number of methoxy groups -OCH3 is 1. The van der Waals surface area contributed by atoms with E-state index in [4.69, 9.17) is 9.47 Å². The van der Waals surface area contributed by atoms with Crippen molar-refractivity contribution in [3.8, 4) is 5.75 Å². The van der Waals surface area contributed by atoms with Crippen LogP contribution in [0.2, 0.25) is 0 Å². The van der Waals surface area contributed by atoms with Gasteiger partial charge in [0.15, 0.2) is 12.1 Å². The van der Waals surface area contributed by atoms with Crippen LogP contribution in [0.5, 0.6) is 5.75 Å². The zero-order valence-electron chi connectivity index (χ0n) is 12.4. The van der Waals surface area contributed by atoms with Gasteiger partial charge in [-0.15, -0.1) is 0 Å². The molecule has 9 heteroatoms. The lowest BCUT2D eigenvalue weighted by atomic mass is 10.0. The molecule has 2 amide bonds. The highest BCUT2D eigenvalue weighted by atomic mass is 79.9.